The molecule has 2 aliphatic rings. The van der Waals surface area contributed by atoms with Gasteiger partial charge in [0.2, 0.25) is 10.1 Å². The highest BCUT2D eigenvalue weighted by Gasteiger charge is 2.55. The van der Waals surface area contributed by atoms with Gasteiger partial charge in [-0.2, -0.15) is 5.10 Å². The Morgan fingerprint density at radius 2 is 1.89 bits per heavy atom. The maximum Gasteiger partial charge on any atom is 0.301 e. The van der Waals surface area contributed by atoms with Crippen molar-refractivity contribution in [1.29, 1.82) is 0 Å². The largest absolute Gasteiger partial charge is 0.387 e. The van der Waals surface area contributed by atoms with E-state index in [4.69, 9.17) is 49.0 Å². The summed E-state index contributed by atoms with van der Waals surface area (Å²) in [6.45, 7) is 0. The molecule has 0 spiro atoms. The van der Waals surface area contributed by atoms with Gasteiger partial charge in [0.05, 0.1) is 22.1 Å². The van der Waals surface area contributed by atoms with Gasteiger partial charge in [-0.15, -0.1) is 0 Å². The third kappa shape index (κ3) is 4.27. The topological polar surface area (TPSA) is 159 Å². The molecular weight excluding hydrogens is 447 g/mol. The van der Waals surface area contributed by atoms with Crippen molar-refractivity contribution in [2.45, 2.75) is 34.7 Å². The van der Waals surface area contributed by atoms with Crippen LogP contribution in [0.1, 0.15) is 0 Å². The molecule has 0 aromatic heterocycles. The molecule has 3 rings (SSSR count). The first-order valence-corrected chi connectivity index (χ1v) is 8.64. The number of nitrogens with one attached hydrogen (secondary N) is 1. The SMILES string of the molecule is O=[N+]([O-])c1ccc(NN=CC2OC3O[C@@H](C(Cl)(Cl)Cl)OC3C2O)c([N+](=O)[O-])c1. The number of hydrogen-bond acceptors (Lipinski definition) is 10. The summed E-state index contributed by atoms with van der Waals surface area (Å²) in [5.41, 5.74) is 1.29. The minimum Gasteiger partial charge on any atom is -0.387 e. The van der Waals surface area contributed by atoms with Crippen LogP contribution in [0.3, 0.4) is 0 Å². The van der Waals surface area contributed by atoms with Crippen molar-refractivity contribution >= 4 is 58.1 Å². The van der Waals surface area contributed by atoms with Crippen molar-refractivity contribution in [1.82, 2.24) is 0 Å². The van der Waals surface area contributed by atoms with E-state index in [1.165, 1.54) is 0 Å². The number of alkyl halides is 3. The summed E-state index contributed by atoms with van der Waals surface area (Å²) in [5, 5.41) is 35.8. The van der Waals surface area contributed by atoms with Crippen molar-refractivity contribution in [2.75, 3.05) is 5.43 Å². The average molecular weight is 458 g/mol. The number of hydrogen-bond donors (Lipinski definition) is 2. The lowest BCUT2D eigenvalue weighted by molar-refractivity contribution is -0.393. The molecule has 1 aromatic rings. The molecule has 1 aromatic carbocycles. The Morgan fingerprint density at radius 1 is 1.18 bits per heavy atom. The lowest BCUT2D eigenvalue weighted by atomic mass is 10.1. The number of rotatable bonds is 5. The molecule has 4 unspecified atom stereocenters. The van der Waals surface area contributed by atoms with E-state index in [-0.39, 0.29) is 5.69 Å². The van der Waals surface area contributed by atoms with Gasteiger partial charge in [-0.3, -0.25) is 25.7 Å². The Labute approximate surface area is 171 Å². The summed E-state index contributed by atoms with van der Waals surface area (Å²) in [6, 6.07) is 3.00. The van der Waals surface area contributed by atoms with Gasteiger partial charge in [0, 0.05) is 6.07 Å². The van der Waals surface area contributed by atoms with E-state index in [1.54, 1.807) is 0 Å². The molecule has 2 heterocycles. The predicted molar refractivity (Wildman–Crippen MR) is 96.6 cm³/mol. The van der Waals surface area contributed by atoms with Gasteiger partial charge in [-0.25, -0.2) is 0 Å². The van der Waals surface area contributed by atoms with Crippen LogP contribution in [0, 0.1) is 20.2 Å². The number of nitro groups is 2. The summed E-state index contributed by atoms with van der Waals surface area (Å²) in [5.74, 6) is 0. The fraction of sp³-hybridized carbons (Fsp3) is 0.462. The molecule has 2 saturated heterocycles. The lowest BCUT2D eigenvalue weighted by Crippen LogP contribution is -2.35. The van der Waals surface area contributed by atoms with Gasteiger partial charge in [-0.05, 0) is 6.07 Å². The van der Waals surface area contributed by atoms with Crippen LogP contribution in [0.25, 0.3) is 0 Å². The van der Waals surface area contributed by atoms with Crippen molar-refractivity contribution < 1.29 is 29.2 Å². The Kier molecular flexibility index (Phi) is 5.91. The number of non-ortho nitro benzene ring substituents is 1. The van der Waals surface area contributed by atoms with Crippen molar-refractivity contribution in [3.05, 3.63) is 38.4 Å². The number of ether oxygens (including phenoxy) is 3. The number of nitrogens with zero attached hydrogens (tertiary/aromatic N) is 3. The minimum absolute atomic E-state index is 0.0942. The van der Waals surface area contributed by atoms with E-state index in [0.717, 1.165) is 24.4 Å². The molecule has 5 atom stereocenters. The highest BCUT2D eigenvalue weighted by Crippen LogP contribution is 2.42. The Morgan fingerprint density at radius 3 is 2.46 bits per heavy atom. The summed E-state index contributed by atoms with van der Waals surface area (Å²) in [7, 11) is 0. The van der Waals surface area contributed by atoms with Crippen LogP contribution in [0.2, 0.25) is 0 Å². The van der Waals surface area contributed by atoms with Crippen LogP contribution in [0.5, 0.6) is 0 Å². The molecule has 2 aliphatic heterocycles. The smallest absolute Gasteiger partial charge is 0.301 e. The molecule has 152 valence electrons. The molecular formula is C13H11Cl3N4O8. The number of aliphatic hydroxyl groups is 1. The lowest BCUT2D eigenvalue weighted by Gasteiger charge is -2.21. The van der Waals surface area contributed by atoms with E-state index < -0.39 is 55.9 Å². The number of benzene rings is 1. The third-order valence-electron chi connectivity index (χ3n) is 3.83. The first-order chi connectivity index (χ1) is 13.1. The second-order valence-electron chi connectivity index (χ2n) is 5.68. The maximum absolute atomic E-state index is 11.1. The molecule has 2 N–H and O–H groups in total. The van der Waals surface area contributed by atoms with Gasteiger partial charge < -0.3 is 19.3 Å². The number of nitro benzene ring substituents is 2. The van der Waals surface area contributed by atoms with E-state index in [1.807, 2.05) is 0 Å². The summed E-state index contributed by atoms with van der Waals surface area (Å²) in [4.78, 5) is 20.3. The molecule has 2 fully saturated rings. The molecule has 12 nitrogen and oxygen atoms in total. The monoisotopic (exact) mass is 456 g/mol. The van der Waals surface area contributed by atoms with Gasteiger partial charge in [-0.1, -0.05) is 34.8 Å². The van der Waals surface area contributed by atoms with E-state index in [2.05, 4.69) is 10.5 Å². The zero-order chi connectivity index (χ0) is 20.6. The second kappa shape index (κ2) is 7.91. The highest BCUT2D eigenvalue weighted by molar-refractivity contribution is 6.67. The van der Waals surface area contributed by atoms with Gasteiger partial charge >= 0.3 is 5.69 Å². The number of aliphatic hydroxyl groups excluding tert-OH is 1. The second-order valence-corrected chi connectivity index (χ2v) is 8.04. The predicted octanol–water partition coefficient (Wildman–Crippen LogP) is 2.10. The molecule has 28 heavy (non-hydrogen) atoms. The number of fused-ring (bicyclic) bond motifs is 1. The molecule has 15 heteroatoms. The van der Waals surface area contributed by atoms with Crippen LogP contribution in [0.15, 0.2) is 23.3 Å². The van der Waals surface area contributed by atoms with Gasteiger partial charge in [0.15, 0.2) is 6.29 Å². The Bertz CT molecular complexity index is 819. The van der Waals surface area contributed by atoms with Gasteiger partial charge in [0.25, 0.3) is 5.69 Å². The van der Waals surface area contributed by atoms with E-state index in [0.29, 0.717) is 0 Å². The quantitative estimate of drug-likeness (QED) is 0.292. The summed E-state index contributed by atoms with van der Waals surface area (Å²) < 4.78 is 14.1. The maximum atomic E-state index is 11.1. The molecule has 0 bridgehead atoms. The van der Waals surface area contributed by atoms with Crippen molar-refractivity contribution in [3.8, 4) is 0 Å². The standard InChI is InChI=1S/C13H11Cl3N4O8/c14-13(15,16)12-27-10-9(21)8(26-11(10)28-12)4-17-18-6-2-1-5(19(22)23)3-7(6)20(24)25/h1-4,8-12,18,21H/t8?,9?,10?,11?,12-/m0/s1. The van der Waals surface area contributed by atoms with Crippen LogP contribution in [0.4, 0.5) is 17.1 Å². The van der Waals surface area contributed by atoms with Crippen LogP contribution < -0.4 is 5.43 Å². The van der Waals surface area contributed by atoms with E-state index >= 15 is 0 Å². The fourth-order valence-electron chi connectivity index (χ4n) is 2.55. The van der Waals surface area contributed by atoms with Crippen molar-refractivity contribution in [2.24, 2.45) is 5.10 Å². The first-order valence-electron chi connectivity index (χ1n) is 7.51. The summed E-state index contributed by atoms with van der Waals surface area (Å²) in [6.07, 6.45) is -4.20. The number of anilines is 1. The fourth-order valence-corrected chi connectivity index (χ4v) is 2.86. The van der Waals surface area contributed by atoms with Gasteiger partial charge in [0.1, 0.15) is 24.0 Å². The number of hydrazone groups is 1. The molecule has 0 radical (unpaired) electrons. The molecule has 0 aliphatic carbocycles. The zero-order valence-electron chi connectivity index (χ0n) is 13.5. The average Bonchev–Trinajstić information content (AvgIpc) is 3.15. The minimum atomic E-state index is -1.87. The number of halogens is 3. The Hall–Kier alpha value is -1.80. The molecule has 0 amide bonds. The first kappa shape index (κ1) is 20.9. The molecule has 0 saturated carbocycles. The Balaban J connectivity index is 1.65. The highest BCUT2D eigenvalue weighted by atomic mass is 35.6. The van der Waals surface area contributed by atoms with Crippen LogP contribution in [-0.2, 0) is 14.2 Å². The summed E-state index contributed by atoms with van der Waals surface area (Å²) >= 11 is 17.0. The normalized spacial score (nSPS) is 29.8. The third-order valence-corrected chi connectivity index (χ3v) is 4.37. The van der Waals surface area contributed by atoms with Crippen molar-refractivity contribution in [3.63, 3.8) is 0 Å². The van der Waals surface area contributed by atoms with Crippen LogP contribution >= 0.6 is 34.8 Å². The van der Waals surface area contributed by atoms with Crippen LogP contribution in [-0.4, -0.2) is 55.9 Å². The zero-order valence-corrected chi connectivity index (χ0v) is 15.7. The van der Waals surface area contributed by atoms with E-state index in [9.17, 15) is 25.3 Å².